The van der Waals surface area contributed by atoms with Crippen molar-refractivity contribution in [2.45, 2.75) is 6.92 Å². The van der Waals surface area contributed by atoms with E-state index in [1.807, 2.05) is 0 Å². The predicted octanol–water partition coefficient (Wildman–Crippen LogP) is 1.94. The lowest BCUT2D eigenvalue weighted by molar-refractivity contribution is 0.112. The van der Waals surface area contributed by atoms with E-state index in [0.717, 1.165) is 0 Å². The van der Waals surface area contributed by atoms with Crippen LogP contribution in [0.1, 0.15) is 16.2 Å². The minimum atomic E-state index is 0.384. The fraction of sp³-hybridized carbons (Fsp3) is 0.0909. The topological polar surface area (TPSA) is 52.1 Å². The minimum absolute atomic E-state index is 0.384. The maximum Gasteiger partial charge on any atom is 0.213 e. The molecule has 0 atom stereocenters. The predicted molar refractivity (Wildman–Crippen MR) is 57.7 cm³/mol. The quantitative estimate of drug-likeness (QED) is 0.564. The maximum atomic E-state index is 10.6. The van der Waals surface area contributed by atoms with E-state index in [1.165, 1.54) is 10.7 Å². The Bertz CT molecular complexity index is 580. The molecule has 0 N–H and O–H groups in total. The molecule has 0 radical (unpaired) electrons. The molecule has 0 aliphatic carbocycles. The number of rotatable bonds is 2. The van der Waals surface area contributed by atoms with Crippen LogP contribution in [0.15, 0.2) is 24.5 Å². The van der Waals surface area contributed by atoms with Gasteiger partial charge in [0.05, 0.1) is 12.3 Å². The Morgan fingerprint density at radius 3 is 2.88 bits per heavy atom. The second kappa shape index (κ2) is 3.95. The molecule has 0 aliphatic rings. The van der Waals surface area contributed by atoms with Crippen LogP contribution in [0.3, 0.4) is 0 Å². The van der Waals surface area contributed by atoms with Gasteiger partial charge in [0.2, 0.25) is 5.69 Å². The monoisotopic (exact) mass is 212 g/mol. The van der Waals surface area contributed by atoms with Crippen molar-refractivity contribution in [1.82, 2.24) is 14.8 Å². The third kappa shape index (κ3) is 1.68. The van der Waals surface area contributed by atoms with Gasteiger partial charge in [-0.25, -0.2) is 14.5 Å². The van der Waals surface area contributed by atoms with Gasteiger partial charge in [0.15, 0.2) is 0 Å². The smallest absolute Gasteiger partial charge is 0.213 e. The van der Waals surface area contributed by atoms with Gasteiger partial charge < -0.3 is 0 Å². The number of hydrogen-bond acceptors (Lipinski definition) is 3. The summed E-state index contributed by atoms with van der Waals surface area (Å²) >= 11 is 0. The van der Waals surface area contributed by atoms with E-state index in [9.17, 15) is 4.79 Å². The van der Waals surface area contributed by atoms with Crippen LogP contribution < -0.4 is 0 Å². The van der Waals surface area contributed by atoms with Crippen molar-refractivity contribution >= 4 is 12.0 Å². The molecule has 0 fully saturated rings. The molecule has 0 bridgehead atoms. The highest BCUT2D eigenvalue weighted by atomic mass is 16.1. The van der Waals surface area contributed by atoms with Gasteiger partial charge in [0, 0.05) is 5.56 Å². The summed E-state index contributed by atoms with van der Waals surface area (Å²) in [6, 6.07) is 4.87. The minimum Gasteiger partial charge on any atom is -0.298 e. The van der Waals surface area contributed by atoms with Gasteiger partial charge in [-0.05, 0) is 19.1 Å². The molecule has 5 heteroatoms. The number of aldehydes is 1. The Morgan fingerprint density at radius 1 is 1.50 bits per heavy atom. The zero-order chi connectivity index (χ0) is 11.5. The zero-order valence-corrected chi connectivity index (χ0v) is 8.58. The number of aryl methyl sites for hydroxylation is 1. The summed E-state index contributed by atoms with van der Waals surface area (Å²) in [4.78, 5) is 17.9. The summed E-state index contributed by atoms with van der Waals surface area (Å²) in [5.41, 5.74) is 1.49. The van der Waals surface area contributed by atoms with Crippen molar-refractivity contribution in [3.63, 3.8) is 0 Å². The van der Waals surface area contributed by atoms with Crippen LogP contribution in [-0.4, -0.2) is 21.1 Å². The second-order valence-electron chi connectivity index (χ2n) is 3.21. The highest BCUT2D eigenvalue weighted by Gasteiger charge is 2.07. The van der Waals surface area contributed by atoms with Gasteiger partial charge in [-0.1, -0.05) is 6.07 Å². The molecule has 0 spiro atoms. The van der Waals surface area contributed by atoms with Crippen LogP contribution in [0.25, 0.3) is 10.5 Å². The third-order valence-corrected chi connectivity index (χ3v) is 2.11. The molecule has 0 saturated carbocycles. The van der Waals surface area contributed by atoms with Crippen molar-refractivity contribution in [3.8, 4) is 5.69 Å². The van der Waals surface area contributed by atoms with Crippen LogP contribution in [0.4, 0.5) is 5.69 Å². The molecule has 0 aliphatic heterocycles. The van der Waals surface area contributed by atoms with Gasteiger partial charge in [-0.15, -0.1) is 0 Å². The molecule has 0 unspecified atom stereocenters. The third-order valence-electron chi connectivity index (χ3n) is 2.11. The largest absolute Gasteiger partial charge is 0.298 e. The summed E-state index contributed by atoms with van der Waals surface area (Å²) in [5.74, 6) is 0.635. The number of carbonyl (C=O) groups is 1. The van der Waals surface area contributed by atoms with Crippen LogP contribution in [0.2, 0.25) is 0 Å². The first-order valence-corrected chi connectivity index (χ1v) is 4.60. The Balaban J connectivity index is 2.57. The van der Waals surface area contributed by atoms with Crippen LogP contribution >= 0.6 is 0 Å². The Morgan fingerprint density at radius 2 is 2.31 bits per heavy atom. The summed E-state index contributed by atoms with van der Waals surface area (Å²) in [5, 5.41) is 4.12. The molecule has 1 aromatic heterocycles. The summed E-state index contributed by atoms with van der Waals surface area (Å²) in [6.07, 6.45) is 2.25. The Kier molecular flexibility index (Phi) is 2.48. The highest BCUT2D eigenvalue weighted by molar-refractivity contribution is 5.79. The first-order valence-electron chi connectivity index (χ1n) is 4.60. The van der Waals surface area contributed by atoms with E-state index in [1.54, 1.807) is 25.4 Å². The van der Waals surface area contributed by atoms with E-state index in [2.05, 4.69) is 14.9 Å². The van der Waals surface area contributed by atoms with Gasteiger partial charge in [0.1, 0.15) is 18.4 Å². The van der Waals surface area contributed by atoms with Crippen LogP contribution in [0.5, 0.6) is 0 Å². The lowest BCUT2D eigenvalue weighted by Crippen LogP contribution is -1.95. The fourth-order valence-corrected chi connectivity index (χ4v) is 1.36. The summed E-state index contributed by atoms with van der Waals surface area (Å²) in [7, 11) is 0. The molecule has 16 heavy (non-hydrogen) atoms. The SMILES string of the molecule is [C-]#[N+]c1cc(C=O)ccc1-n1cnc(C)n1. The number of hydrogen-bond donors (Lipinski definition) is 0. The van der Waals surface area contributed by atoms with Gasteiger partial charge in [-0.2, -0.15) is 5.10 Å². The van der Waals surface area contributed by atoms with Gasteiger partial charge in [-0.3, -0.25) is 4.79 Å². The lowest BCUT2D eigenvalue weighted by Gasteiger charge is -2.03. The number of carbonyl (C=O) groups excluding carboxylic acids is 1. The molecule has 78 valence electrons. The van der Waals surface area contributed by atoms with Gasteiger partial charge in [0.25, 0.3) is 0 Å². The standard InChI is InChI=1S/C11H8N4O/c1-8-13-7-15(14-8)11-4-3-9(6-16)5-10(11)12-2/h3-7H,1H3. The molecule has 0 amide bonds. The van der Waals surface area contributed by atoms with Crippen molar-refractivity contribution < 1.29 is 4.79 Å². The van der Waals surface area contributed by atoms with E-state index in [0.29, 0.717) is 29.0 Å². The average molecular weight is 212 g/mol. The van der Waals surface area contributed by atoms with Crippen molar-refractivity contribution in [2.75, 3.05) is 0 Å². The average Bonchev–Trinajstić information content (AvgIpc) is 2.74. The van der Waals surface area contributed by atoms with Crippen LogP contribution in [-0.2, 0) is 0 Å². The molecule has 5 nitrogen and oxygen atoms in total. The van der Waals surface area contributed by atoms with Crippen molar-refractivity contribution in [3.05, 3.63) is 47.3 Å². The summed E-state index contributed by atoms with van der Waals surface area (Å²) in [6.45, 7) is 8.83. The Labute approximate surface area is 92.2 Å². The van der Waals surface area contributed by atoms with Crippen molar-refractivity contribution in [2.24, 2.45) is 0 Å². The van der Waals surface area contributed by atoms with E-state index in [-0.39, 0.29) is 0 Å². The first-order chi connectivity index (χ1) is 7.74. The molecular weight excluding hydrogens is 204 g/mol. The maximum absolute atomic E-state index is 10.6. The first kappa shape index (κ1) is 10.1. The number of nitrogens with zero attached hydrogens (tertiary/aromatic N) is 4. The van der Waals surface area contributed by atoms with Crippen molar-refractivity contribution in [1.29, 1.82) is 0 Å². The normalized spacial score (nSPS) is 9.75. The molecule has 2 rings (SSSR count). The molecule has 1 heterocycles. The highest BCUT2D eigenvalue weighted by Crippen LogP contribution is 2.23. The Hall–Kier alpha value is -2.48. The lowest BCUT2D eigenvalue weighted by atomic mass is 10.2. The second-order valence-corrected chi connectivity index (χ2v) is 3.21. The molecule has 0 saturated heterocycles. The molecule has 2 aromatic rings. The number of benzene rings is 1. The fourth-order valence-electron chi connectivity index (χ4n) is 1.36. The number of aromatic nitrogens is 3. The van der Waals surface area contributed by atoms with Crippen LogP contribution in [0, 0.1) is 13.5 Å². The van der Waals surface area contributed by atoms with Gasteiger partial charge >= 0.3 is 0 Å². The molecule has 1 aromatic carbocycles. The van der Waals surface area contributed by atoms with E-state index in [4.69, 9.17) is 6.57 Å². The summed E-state index contributed by atoms with van der Waals surface area (Å²) < 4.78 is 1.53. The molecular formula is C11H8N4O. The zero-order valence-electron chi connectivity index (χ0n) is 8.58. The van der Waals surface area contributed by atoms with E-state index < -0.39 is 0 Å². The van der Waals surface area contributed by atoms with E-state index >= 15 is 0 Å².